The van der Waals surface area contributed by atoms with Crippen LogP contribution in [-0.4, -0.2) is 24.9 Å². The molecule has 2 rings (SSSR count). The Morgan fingerprint density at radius 1 is 0.643 bits per heavy atom. The van der Waals surface area contributed by atoms with Crippen molar-refractivity contribution in [3.63, 3.8) is 0 Å². The summed E-state index contributed by atoms with van der Waals surface area (Å²) in [6, 6.07) is 17.2. The van der Waals surface area contributed by atoms with Crippen molar-refractivity contribution in [3.8, 4) is 11.5 Å². The fourth-order valence-electron chi connectivity index (χ4n) is 3.78. The zero-order valence-corrected chi connectivity index (χ0v) is 20.2. The minimum Gasteiger partial charge on any atom is -0.497 e. The molecule has 2 atom stereocenters. The first-order valence-corrected chi connectivity index (χ1v) is 12.3. The Morgan fingerprint density at radius 2 is 1.11 bits per heavy atom. The number of alkyl halides is 2. The maximum atomic E-state index is 5.32. The molecule has 0 bridgehead atoms. The number of rotatable bonds is 13. The third-order valence-electron chi connectivity index (χ3n) is 5.42. The minimum absolute atomic E-state index is 0.658. The lowest BCUT2D eigenvalue weighted by molar-refractivity contribution is 0.295. The van der Waals surface area contributed by atoms with Crippen LogP contribution < -0.4 is 9.47 Å². The standard InChI is InChI=1S/C24H32Br2O2/c1-27-23-10-6-19(7-11-23)17-21(5-3-4-15-25)22(14-16-26)18-20-8-12-24(28-2)13-9-20/h6-13,21-22H,3-5,14-18H2,1-2H3/t21-,22-/m0/s1. The number of hydrogen-bond donors (Lipinski definition) is 0. The van der Waals surface area contributed by atoms with Gasteiger partial charge in [-0.3, -0.25) is 0 Å². The molecule has 0 aliphatic heterocycles. The summed E-state index contributed by atoms with van der Waals surface area (Å²) >= 11 is 7.28. The Balaban J connectivity index is 2.13. The molecule has 0 amide bonds. The fourth-order valence-corrected chi connectivity index (χ4v) is 4.76. The summed E-state index contributed by atoms with van der Waals surface area (Å²) in [7, 11) is 3.44. The predicted molar refractivity (Wildman–Crippen MR) is 126 cm³/mol. The maximum absolute atomic E-state index is 5.32. The molecule has 0 saturated heterocycles. The van der Waals surface area contributed by atoms with Crippen LogP contribution in [-0.2, 0) is 12.8 Å². The van der Waals surface area contributed by atoms with Crippen molar-refractivity contribution < 1.29 is 9.47 Å². The zero-order chi connectivity index (χ0) is 20.2. The fraction of sp³-hybridized carbons (Fsp3) is 0.500. The average Bonchev–Trinajstić information content (AvgIpc) is 2.74. The lowest BCUT2D eigenvalue weighted by atomic mass is 9.78. The first kappa shape index (κ1) is 23.3. The highest BCUT2D eigenvalue weighted by Crippen LogP contribution is 2.31. The van der Waals surface area contributed by atoms with Crippen molar-refractivity contribution >= 4 is 31.9 Å². The summed E-state index contributed by atoms with van der Waals surface area (Å²) in [6.07, 6.45) is 7.22. The minimum atomic E-state index is 0.658. The van der Waals surface area contributed by atoms with E-state index in [2.05, 4.69) is 80.4 Å². The van der Waals surface area contributed by atoms with Crippen LogP contribution in [0.15, 0.2) is 48.5 Å². The van der Waals surface area contributed by atoms with Gasteiger partial charge in [0, 0.05) is 10.7 Å². The third-order valence-corrected chi connectivity index (χ3v) is 6.44. The van der Waals surface area contributed by atoms with Crippen LogP contribution in [0.2, 0.25) is 0 Å². The predicted octanol–water partition coefficient (Wildman–Crippen LogP) is 7.07. The van der Waals surface area contributed by atoms with Crippen LogP contribution in [0.25, 0.3) is 0 Å². The van der Waals surface area contributed by atoms with Crippen molar-refractivity contribution in [2.24, 2.45) is 11.8 Å². The Morgan fingerprint density at radius 3 is 1.50 bits per heavy atom. The molecule has 0 radical (unpaired) electrons. The van der Waals surface area contributed by atoms with Crippen molar-refractivity contribution in [1.29, 1.82) is 0 Å². The molecule has 0 unspecified atom stereocenters. The van der Waals surface area contributed by atoms with E-state index in [1.165, 1.54) is 36.8 Å². The summed E-state index contributed by atoms with van der Waals surface area (Å²) in [4.78, 5) is 0. The van der Waals surface area contributed by atoms with Gasteiger partial charge < -0.3 is 9.47 Å². The maximum Gasteiger partial charge on any atom is 0.118 e. The van der Waals surface area contributed by atoms with E-state index in [4.69, 9.17) is 9.47 Å². The van der Waals surface area contributed by atoms with Gasteiger partial charge in [0.05, 0.1) is 14.2 Å². The van der Waals surface area contributed by atoms with Gasteiger partial charge in [0.2, 0.25) is 0 Å². The molecule has 0 aliphatic carbocycles. The van der Waals surface area contributed by atoms with Gasteiger partial charge in [-0.2, -0.15) is 0 Å². The average molecular weight is 512 g/mol. The molecule has 0 aliphatic rings. The number of methoxy groups -OCH3 is 2. The molecule has 0 saturated carbocycles. The summed E-state index contributed by atoms with van der Waals surface area (Å²) in [5, 5.41) is 2.13. The van der Waals surface area contributed by atoms with Crippen LogP contribution in [0, 0.1) is 11.8 Å². The van der Waals surface area contributed by atoms with Crippen molar-refractivity contribution in [3.05, 3.63) is 59.7 Å². The number of benzene rings is 2. The third kappa shape index (κ3) is 7.79. The smallest absolute Gasteiger partial charge is 0.118 e. The molecule has 0 aromatic heterocycles. The normalized spacial score (nSPS) is 13.1. The molecule has 2 aromatic carbocycles. The molecule has 2 aromatic rings. The Hall–Kier alpha value is -1.00. The van der Waals surface area contributed by atoms with E-state index in [1.54, 1.807) is 14.2 Å². The van der Waals surface area contributed by atoms with Gasteiger partial charge in [0.25, 0.3) is 0 Å². The second-order valence-electron chi connectivity index (χ2n) is 7.29. The first-order valence-electron chi connectivity index (χ1n) is 10.1. The SMILES string of the molecule is COc1ccc(C[C@H](CCBr)[C@@H](CCCCBr)Cc2ccc(OC)cc2)cc1. The van der Waals surface area contributed by atoms with Crippen LogP contribution in [0.3, 0.4) is 0 Å². The molecule has 2 nitrogen and oxygen atoms in total. The topological polar surface area (TPSA) is 18.5 Å². The van der Waals surface area contributed by atoms with Gasteiger partial charge in [-0.1, -0.05) is 62.5 Å². The number of halogens is 2. The number of unbranched alkanes of at least 4 members (excludes halogenated alkanes) is 1. The second kappa shape index (κ2) is 13.3. The van der Waals surface area contributed by atoms with Gasteiger partial charge in [-0.15, -0.1) is 0 Å². The van der Waals surface area contributed by atoms with Crippen LogP contribution in [0.4, 0.5) is 0 Å². The van der Waals surface area contributed by atoms with Crippen molar-refractivity contribution in [2.75, 3.05) is 24.9 Å². The first-order chi connectivity index (χ1) is 13.7. The molecule has 28 heavy (non-hydrogen) atoms. The van der Waals surface area contributed by atoms with Gasteiger partial charge in [-0.05, 0) is 79.3 Å². The monoisotopic (exact) mass is 510 g/mol. The highest BCUT2D eigenvalue weighted by Gasteiger charge is 2.22. The van der Waals surface area contributed by atoms with E-state index in [9.17, 15) is 0 Å². The van der Waals surface area contributed by atoms with Gasteiger partial charge in [0.15, 0.2) is 0 Å². The van der Waals surface area contributed by atoms with Crippen LogP contribution in [0.5, 0.6) is 11.5 Å². The molecule has 0 heterocycles. The van der Waals surface area contributed by atoms with Crippen molar-refractivity contribution in [2.45, 2.75) is 38.5 Å². The van der Waals surface area contributed by atoms with Crippen LogP contribution >= 0.6 is 31.9 Å². The lowest BCUT2D eigenvalue weighted by Gasteiger charge is -2.27. The summed E-state index contributed by atoms with van der Waals surface area (Å²) in [5.74, 6) is 3.18. The van der Waals surface area contributed by atoms with Crippen LogP contribution in [0.1, 0.15) is 36.8 Å². The lowest BCUT2D eigenvalue weighted by Crippen LogP contribution is -2.21. The zero-order valence-electron chi connectivity index (χ0n) is 17.0. The highest BCUT2D eigenvalue weighted by molar-refractivity contribution is 9.09. The van der Waals surface area contributed by atoms with E-state index < -0.39 is 0 Å². The van der Waals surface area contributed by atoms with Gasteiger partial charge in [0.1, 0.15) is 11.5 Å². The van der Waals surface area contributed by atoms with Crippen molar-refractivity contribution in [1.82, 2.24) is 0 Å². The molecule has 4 heteroatoms. The second-order valence-corrected chi connectivity index (χ2v) is 8.87. The van der Waals surface area contributed by atoms with E-state index >= 15 is 0 Å². The van der Waals surface area contributed by atoms with E-state index in [-0.39, 0.29) is 0 Å². The van der Waals surface area contributed by atoms with Gasteiger partial charge in [-0.25, -0.2) is 0 Å². The Bertz CT molecular complexity index is 655. The summed E-state index contributed by atoms with van der Waals surface area (Å²) in [6.45, 7) is 0. The Kier molecular flexibility index (Phi) is 11.0. The number of ether oxygens (including phenoxy) is 2. The molecule has 0 fully saturated rings. The van der Waals surface area contributed by atoms with E-state index in [0.717, 1.165) is 35.0 Å². The van der Waals surface area contributed by atoms with E-state index in [1.807, 2.05) is 0 Å². The quantitative estimate of drug-likeness (QED) is 0.211. The van der Waals surface area contributed by atoms with Gasteiger partial charge >= 0.3 is 0 Å². The highest BCUT2D eigenvalue weighted by atomic mass is 79.9. The molecular formula is C24H32Br2O2. The molecule has 0 N–H and O–H groups in total. The summed E-state index contributed by atoms with van der Waals surface area (Å²) in [5.41, 5.74) is 2.80. The number of hydrogen-bond acceptors (Lipinski definition) is 2. The summed E-state index contributed by atoms with van der Waals surface area (Å²) < 4.78 is 10.6. The molecule has 154 valence electrons. The molecule has 0 spiro atoms. The Labute approximate surface area is 187 Å². The largest absolute Gasteiger partial charge is 0.497 e. The molecular weight excluding hydrogens is 480 g/mol. The van der Waals surface area contributed by atoms with E-state index in [0.29, 0.717) is 11.8 Å².